The summed E-state index contributed by atoms with van der Waals surface area (Å²) in [4.78, 5) is 43.3. The first-order chi connectivity index (χ1) is 13.1. The van der Waals surface area contributed by atoms with Crippen molar-refractivity contribution in [2.75, 3.05) is 19.8 Å². The van der Waals surface area contributed by atoms with Crippen molar-refractivity contribution in [3.63, 3.8) is 0 Å². The summed E-state index contributed by atoms with van der Waals surface area (Å²) in [6, 6.07) is 8.09. The number of hydrogen-bond donors (Lipinski definition) is 0. The average molecular weight is 374 g/mol. The summed E-state index contributed by atoms with van der Waals surface area (Å²) >= 11 is 0. The molecule has 144 valence electrons. The smallest absolute Gasteiger partial charge is 0.345 e. The molecule has 3 rings (SSSR count). The Morgan fingerprint density at radius 2 is 1.96 bits per heavy atom. The van der Waals surface area contributed by atoms with Crippen LogP contribution in [-0.2, 0) is 30.5 Å². The summed E-state index contributed by atoms with van der Waals surface area (Å²) in [5.74, 6) is -1.02. The topological polar surface area (TPSA) is 85.4 Å². The highest BCUT2D eigenvalue weighted by Gasteiger charge is 2.48. The minimum absolute atomic E-state index is 0.0843. The van der Waals surface area contributed by atoms with Gasteiger partial charge < -0.3 is 14.4 Å². The van der Waals surface area contributed by atoms with E-state index in [9.17, 15) is 14.4 Å². The Morgan fingerprint density at radius 1 is 1.19 bits per heavy atom. The zero-order valence-corrected chi connectivity index (χ0v) is 14.9. The molecular formula is C19H22N2O6. The number of fused-ring (bicyclic) bond motifs is 2. The van der Waals surface area contributed by atoms with Crippen LogP contribution in [-0.4, -0.2) is 59.8 Å². The molecule has 2 aliphatic rings. The van der Waals surface area contributed by atoms with Gasteiger partial charge in [-0.3, -0.25) is 4.84 Å². The molecule has 2 saturated heterocycles. The Morgan fingerprint density at radius 3 is 2.70 bits per heavy atom. The molecule has 2 aliphatic heterocycles. The van der Waals surface area contributed by atoms with Crippen molar-refractivity contribution in [2.24, 2.45) is 0 Å². The fourth-order valence-electron chi connectivity index (χ4n) is 3.18. The van der Waals surface area contributed by atoms with Crippen LogP contribution in [0.4, 0.5) is 4.79 Å². The second kappa shape index (κ2) is 8.68. The Kier molecular flexibility index (Phi) is 6.08. The standard InChI is InChI=1S/C19H22N2O6/c1-2-10-25-17(22)13-27-21-15-8-9-16(20(11-15)19(21)24)18(23)26-12-14-6-4-3-5-7-14/h2-7,15-16H,1,8-13H2/t15-,16-/m1/s1. The molecule has 2 heterocycles. The van der Waals surface area contributed by atoms with E-state index in [1.54, 1.807) is 0 Å². The Labute approximate surface area is 157 Å². The van der Waals surface area contributed by atoms with Gasteiger partial charge in [0.2, 0.25) is 0 Å². The first-order valence-electron chi connectivity index (χ1n) is 8.80. The van der Waals surface area contributed by atoms with Gasteiger partial charge in [0, 0.05) is 6.54 Å². The lowest BCUT2D eigenvalue weighted by Crippen LogP contribution is -2.45. The van der Waals surface area contributed by atoms with Crippen molar-refractivity contribution in [2.45, 2.75) is 31.5 Å². The second-order valence-electron chi connectivity index (χ2n) is 6.35. The molecule has 0 spiro atoms. The molecule has 1 aromatic rings. The first kappa shape index (κ1) is 18.9. The summed E-state index contributed by atoms with van der Waals surface area (Å²) < 4.78 is 10.2. The number of rotatable bonds is 8. The lowest BCUT2D eigenvalue weighted by atomic mass is 10.0. The number of carbonyl (C=O) groups is 3. The molecule has 0 saturated carbocycles. The number of piperidine rings is 1. The van der Waals surface area contributed by atoms with Crippen LogP contribution < -0.4 is 0 Å². The molecule has 2 bridgehead atoms. The number of benzene rings is 1. The van der Waals surface area contributed by atoms with Gasteiger partial charge in [0.15, 0.2) is 6.61 Å². The van der Waals surface area contributed by atoms with Crippen LogP contribution in [0.1, 0.15) is 18.4 Å². The van der Waals surface area contributed by atoms with Crippen LogP contribution in [0.25, 0.3) is 0 Å². The van der Waals surface area contributed by atoms with Crippen LogP contribution in [0.2, 0.25) is 0 Å². The molecule has 0 radical (unpaired) electrons. The SMILES string of the molecule is C=CCOC(=O)CON1C(=O)N2C[C@H]1CC[C@@H]2C(=O)OCc1ccccc1. The summed E-state index contributed by atoms with van der Waals surface area (Å²) in [5, 5.41) is 1.17. The summed E-state index contributed by atoms with van der Waals surface area (Å²) in [7, 11) is 0. The number of amides is 2. The van der Waals surface area contributed by atoms with E-state index in [-0.39, 0.29) is 25.9 Å². The third-order valence-electron chi connectivity index (χ3n) is 4.50. The fraction of sp³-hybridized carbons (Fsp3) is 0.421. The van der Waals surface area contributed by atoms with Crippen LogP contribution >= 0.6 is 0 Å². The molecule has 1 aromatic carbocycles. The lowest BCUT2D eigenvalue weighted by Gasteiger charge is -2.28. The molecule has 8 nitrogen and oxygen atoms in total. The van der Waals surface area contributed by atoms with Gasteiger partial charge in [0.1, 0.15) is 19.3 Å². The van der Waals surface area contributed by atoms with Crippen molar-refractivity contribution in [3.8, 4) is 0 Å². The lowest BCUT2D eigenvalue weighted by molar-refractivity contribution is -0.171. The highest BCUT2D eigenvalue weighted by Crippen LogP contribution is 2.30. The number of hydrogen-bond acceptors (Lipinski definition) is 6. The van der Waals surface area contributed by atoms with Crippen LogP contribution in [0.5, 0.6) is 0 Å². The molecule has 2 fully saturated rings. The predicted molar refractivity (Wildman–Crippen MR) is 94.1 cm³/mol. The van der Waals surface area contributed by atoms with Gasteiger partial charge in [-0.1, -0.05) is 43.0 Å². The highest BCUT2D eigenvalue weighted by atomic mass is 16.7. The zero-order valence-electron chi connectivity index (χ0n) is 14.9. The molecule has 0 aliphatic carbocycles. The van der Waals surface area contributed by atoms with Gasteiger partial charge in [0.05, 0.1) is 6.04 Å². The Balaban J connectivity index is 1.53. The van der Waals surface area contributed by atoms with E-state index in [0.29, 0.717) is 19.4 Å². The summed E-state index contributed by atoms with van der Waals surface area (Å²) in [6.45, 7) is 3.70. The fourth-order valence-corrected chi connectivity index (χ4v) is 3.18. The van der Waals surface area contributed by atoms with Crippen molar-refractivity contribution >= 4 is 18.0 Å². The molecule has 0 unspecified atom stereocenters. The van der Waals surface area contributed by atoms with Crippen LogP contribution in [0.15, 0.2) is 43.0 Å². The number of hydroxylamine groups is 2. The van der Waals surface area contributed by atoms with Crippen molar-refractivity contribution < 1.29 is 28.7 Å². The van der Waals surface area contributed by atoms with Gasteiger partial charge in [-0.2, -0.15) is 5.06 Å². The number of carbonyl (C=O) groups excluding carboxylic acids is 3. The molecule has 2 atom stereocenters. The van der Waals surface area contributed by atoms with Gasteiger partial charge in [-0.25, -0.2) is 14.4 Å². The normalized spacial score (nSPS) is 21.1. The minimum Gasteiger partial charge on any atom is -0.460 e. The third-order valence-corrected chi connectivity index (χ3v) is 4.50. The van der Waals surface area contributed by atoms with E-state index in [1.807, 2.05) is 30.3 Å². The minimum atomic E-state index is -0.640. The molecule has 0 aromatic heterocycles. The van der Waals surface area contributed by atoms with Gasteiger partial charge in [0.25, 0.3) is 0 Å². The Bertz CT molecular complexity index is 707. The van der Waals surface area contributed by atoms with E-state index in [1.165, 1.54) is 16.0 Å². The monoisotopic (exact) mass is 374 g/mol. The maximum atomic E-state index is 12.6. The Hall–Kier alpha value is -2.87. The van der Waals surface area contributed by atoms with E-state index >= 15 is 0 Å². The van der Waals surface area contributed by atoms with Crippen molar-refractivity contribution in [1.29, 1.82) is 0 Å². The van der Waals surface area contributed by atoms with Gasteiger partial charge in [-0.15, -0.1) is 0 Å². The zero-order chi connectivity index (χ0) is 19.2. The highest BCUT2D eigenvalue weighted by molar-refractivity contribution is 5.85. The summed E-state index contributed by atoms with van der Waals surface area (Å²) in [5.41, 5.74) is 0.885. The third kappa shape index (κ3) is 4.46. The van der Waals surface area contributed by atoms with Crippen LogP contribution in [0, 0.1) is 0 Å². The quantitative estimate of drug-likeness (QED) is 0.508. The second-order valence-corrected chi connectivity index (χ2v) is 6.35. The molecule has 0 N–H and O–H groups in total. The van der Waals surface area contributed by atoms with Gasteiger partial charge in [-0.05, 0) is 18.4 Å². The van der Waals surface area contributed by atoms with E-state index in [0.717, 1.165) is 5.56 Å². The number of ether oxygens (including phenoxy) is 2. The number of esters is 2. The average Bonchev–Trinajstić information content (AvgIpc) is 2.93. The summed E-state index contributed by atoms with van der Waals surface area (Å²) in [6.07, 6.45) is 2.53. The first-order valence-corrected chi connectivity index (χ1v) is 8.80. The molecule has 8 heteroatoms. The molecule has 2 amide bonds. The maximum absolute atomic E-state index is 12.6. The molecular weight excluding hydrogens is 352 g/mol. The molecule has 27 heavy (non-hydrogen) atoms. The predicted octanol–water partition coefficient (Wildman–Crippen LogP) is 1.66. The maximum Gasteiger partial charge on any atom is 0.345 e. The largest absolute Gasteiger partial charge is 0.460 e. The van der Waals surface area contributed by atoms with Crippen molar-refractivity contribution in [3.05, 3.63) is 48.6 Å². The van der Waals surface area contributed by atoms with E-state index < -0.39 is 24.0 Å². The van der Waals surface area contributed by atoms with Crippen LogP contribution in [0.3, 0.4) is 0 Å². The van der Waals surface area contributed by atoms with Gasteiger partial charge >= 0.3 is 18.0 Å². The van der Waals surface area contributed by atoms with E-state index in [2.05, 4.69) is 6.58 Å². The van der Waals surface area contributed by atoms with E-state index in [4.69, 9.17) is 14.3 Å². The number of urea groups is 1. The van der Waals surface area contributed by atoms with Crippen molar-refractivity contribution in [1.82, 2.24) is 9.96 Å². The number of nitrogens with zero attached hydrogens (tertiary/aromatic N) is 2.